The molecule has 4 heteroatoms. The Morgan fingerprint density at radius 1 is 1.40 bits per heavy atom. The number of nitrogens with one attached hydrogen (secondary N) is 1. The molecule has 78 valence electrons. The lowest BCUT2D eigenvalue weighted by molar-refractivity contribution is 1.09. The molecule has 0 fully saturated rings. The van der Waals surface area contributed by atoms with E-state index in [0.29, 0.717) is 0 Å². The number of rotatable bonds is 3. The van der Waals surface area contributed by atoms with Crippen LogP contribution >= 0.6 is 11.3 Å². The SMILES string of the molecule is Cc1nc(NCc2cccnc2)sc1C. The number of aromatic nitrogens is 2. The molecule has 2 rings (SSSR count). The Hall–Kier alpha value is -1.42. The zero-order valence-corrected chi connectivity index (χ0v) is 9.64. The fraction of sp³-hybridized carbons (Fsp3) is 0.273. The van der Waals surface area contributed by atoms with Crippen LogP contribution in [0.5, 0.6) is 0 Å². The maximum atomic E-state index is 4.41. The number of anilines is 1. The fourth-order valence-corrected chi connectivity index (χ4v) is 2.04. The van der Waals surface area contributed by atoms with Crippen molar-refractivity contribution in [3.05, 3.63) is 40.7 Å². The molecule has 2 aromatic rings. The van der Waals surface area contributed by atoms with E-state index in [1.165, 1.54) is 10.4 Å². The van der Waals surface area contributed by atoms with E-state index in [2.05, 4.69) is 22.2 Å². The molecule has 3 nitrogen and oxygen atoms in total. The van der Waals surface area contributed by atoms with E-state index in [4.69, 9.17) is 0 Å². The zero-order valence-electron chi connectivity index (χ0n) is 8.82. The lowest BCUT2D eigenvalue weighted by Crippen LogP contribution is -1.98. The molecule has 2 heterocycles. The average Bonchev–Trinajstić information content (AvgIpc) is 2.57. The Morgan fingerprint density at radius 2 is 2.27 bits per heavy atom. The molecule has 0 amide bonds. The van der Waals surface area contributed by atoms with Crippen LogP contribution < -0.4 is 5.32 Å². The highest BCUT2D eigenvalue weighted by Crippen LogP contribution is 2.21. The van der Waals surface area contributed by atoms with E-state index < -0.39 is 0 Å². The third kappa shape index (κ3) is 2.53. The predicted molar refractivity (Wildman–Crippen MR) is 63.2 cm³/mol. The first-order valence-electron chi connectivity index (χ1n) is 4.82. The van der Waals surface area contributed by atoms with E-state index in [9.17, 15) is 0 Å². The summed E-state index contributed by atoms with van der Waals surface area (Å²) in [5.41, 5.74) is 2.27. The second-order valence-electron chi connectivity index (χ2n) is 3.38. The molecular formula is C11H13N3S. The van der Waals surface area contributed by atoms with Crippen molar-refractivity contribution >= 4 is 16.5 Å². The van der Waals surface area contributed by atoms with E-state index in [-0.39, 0.29) is 0 Å². The lowest BCUT2D eigenvalue weighted by Gasteiger charge is -2.01. The third-order valence-corrected chi connectivity index (χ3v) is 3.23. The van der Waals surface area contributed by atoms with E-state index in [1.807, 2.05) is 25.3 Å². The highest BCUT2D eigenvalue weighted by atomic mass is 32.1. The lowest BCUT2D eigenvalue weighted by atomic mass is 10.3. The summed E-state index contributed by atoms with van der Waals surface area (Å²) in [7, 11) is 0. The maximum absolute atomic E-state index is 4.41. The van der Waals surface area contributed by atoms with Gasteiger partial charge in [-0.15, -0.1) is 11.3 Å². The smallest absolute Gasteiger partial charge is 0.183 e. The molecule has 0 saturated carbocycles. The number of hydrogen-bond donors (Lipinski definition) is 1. The molecule has 0 atom stereocenters. The van der Waals surface area contributed by atoms with Crippen LogP contribution in [0.3, 0.4) is 0 Å². The summed E-state index contributed by atoms with van der Waals surface area (Å²) in [4.78, 5) is 9.74. The van der Waals surface area contributed by atoms with Gasteiger partial charge >= 0.3 is 0 Å². The van der Waals surface area contributed by atoms with Crippen LogP contribution in [-0.2, 0) is 6.54 Å². The largest absolute Gasteiger partial charge is 0.357 e. The molecule has 0 aliphatic carbocycles. The van der Waals surface area contributed by atoms with Crippen LogP contribution in [0.25, 0.3) is 0 Å². The Balaban J connectivity index is 1.99. The van der Waals surface area contributed by atoms with Crippen molar-refractivity contribution in [3.63, 3.8) is 0 Å². The number of pyridine rings is 1. The molecule has 1 N–H and O–H groups in total. The topological polar surface area (TPSA) is 37.8 Å². The molecule has 15 heavy (non-hydrogen) atoms. The van der Waals surface area contributed by atoms with Gasteiger partial charge < -0.3 is 5.32 Å². The molecule has 0 radical (unpaired) electrons. The van der Waals surface area contributed by atoms with Gasteiger partial charge in [-0.25, -0.2) is 4.98 Å². The Morgan fingerprint density at radius 3 is 2.87 bits per heavy atom. The number of hydrogen-bond acceptors (Lipinski definition) is 4. The van der Waals surface area contributed by atoms with Gasteiger partial charge in [0.25, 0.3) is 0 Å². The Labute approximate surface area is 93.2 Å². The van der Waals surface area contributed by atoms with E-state index in [1.54, 1.807) is 17.5 Å². The van der Waals surface area contributed by atoms with Gasteiger partial charge in [-0.3, -0.25) is 4.98 Å². The van der Waals surface area contributed by atoms with Crippen LogP contribution in [0, 0.1) is 13.8 Å². The summed E-state index contributed by atoms with van der Waals surface area (Å²) in [5, 5.41) is 4.27. The quantitative estimate of drug-likeness (QED) is 0.862. The predicted octanol–water partition coefficient (Wildman–Crippen LogP) is 2.77. The van der Waals surface area contributed by atoms with E-state index in [0.717, 1.165) is 17.4 Å². The Bertz CT molecular complexity index is 417. The van der Waals surface area contributed by atoms with Crippen molar-refractivity contribution in [1.82, 2.24) is 9.97 Å². The first-order chi connectivity index (χ1) is 7.25. The van der Waals surface area contributed by atoms with Gasteiger partial charge in [0.15, 0.2) is 5.13 Å². The van der Waals surface area contributed by atoms with Crippen molar-refractivity contribution < 1.29 is 0 Å². The highest BCUT2D eigenvalue weighted by Gasteiger charge is 2.02. The normalized spacial score (nSPS) is 10.3. The van der Waals surface area contributed by atoms with Crippen molar-refractivity contribution in [2.24, 2.45) is 0 Å². The standard InChI is InChI=1S/C11H13N3S/c1-8-9(2)15-11(14-8)13-7-10-4-3-5-12-6-10/h3-6H,7H2,1-2H3,(H,13,14). The van der Waals surface area contributed by atoms with Crippen molar-refractivity contribution in [2.45, 2.75) is 20.4 Å². The van der Waals surface area contributed by atoms with Gasteiger partial charge in [0.2, 0.25) is 0 Å². The van der Waals surface area contributed by atoms with Crippen LogP contribution in [0.1, 0.15) is 16.1 Å². The summed E-state index contributed by atoms with van der Waals surface area (Å²) < 4.78 is 0. The highest BCUT2D eigenvalue weighted by molar-refractivity contribution is 7.15. The first-order valence-corrected chi connectivity index (χ1v) is 5.64. The molecule has 0 unspecified atom stereocenters. The number of nitrogens with zero attached hydrogens (tertiary/aromatic N) is 2. The average molecular weight is 219 g/mol. The molecule has 2 aromatic heterocycles. The summed E-state index contributed by atoms with van der Waals surface area (Å²) in [6.45, 7) is 4.89. The molecule has 0 aromatic carbocycles. The first kappa shape index (κ1) is 10.1. The minimum absolute atomic E-state index is 0.778. The molecule has 0 aliphatic rings. The van der Waals surface area contributed by atoms with Crippen molar-refractivity contribution in [1.29, 1.82) is 0 Å². The van der Waals surface area contributed by atoms with E-state index >= 15 is 0 Å². The van der Waals surface area contributed by atoms with Crippen LogP contribution in [0.2, 0.25) is 0 Å². The molecule has 0 spiro atoms. The van der Waals surface area contributed by atoms with Crippen molar-refractivity contribution in [2.75, 3.05) is 5.32 Å². The third-order valence-electron chi connectivity index (χ3n) is 2.20. The Kier molecular flexibility index (Phi) is 2.97. The van der Waals surface area contributed by atoms with Crippen LogP contribution in [0.15, 0.2) is 24.5 Å². The fourth-order valence-electron chi connectivity index (χ4n) is 1.23. The molecular weight excluding hydrogens is 206 g/mol. The summed E-state index contributed by atoms with van der Waals surface area (Å²) >= 11 is 1.69. The van der Waals surface area contributed by atoms with Gasteiger partial charge in [-0.2, -0.15) is 0 Å². The summed E-state index contributed by atoms with van der Waals surface area (Å²) in [5.74, 6) is 0. The van der Waals surface area contributed by atoms with Crippen molar-refractivity contribution in [3.8, 4) is 0 Å². The van der Waals surface area contributed by atoms with Crippen LogP contribution in [0.4, 0.5) is 5.13 Å². The number of aryl methyl sites for hydroxylation is 2. The monoisotopic (exact) mass is 219 g/mol. The number of thiazole rings is 1. The van der Waals surface area contributed by atoms with Crippen LogP contribution in [-0.4, -0.2) is 9.97 Å². The second-order valence-corrected chi connectivity index (χ2v) is 4.58. The minimum atomic E-state index is 0.778. The van der Waals surface area contributed by atoms with Gasteiger partial charge in [0.05, 0.1) is 5.69 Å². The van der Waals surface area contributed by atoms with Gasteiger partial charge in [0, 0.05) is 23.8 Å². The van der Waals surface area contributed by atoms with Gasteiger partial charge in [0.1, 0.15) is 0 Å². The molecule has 0 saturated heterocycles. The minimum Gasteiger partial charge on any atom is -0.357 e. The van der Waals surface area contributed by atoms with Gasteiger partial charge in [-0.1, -0.05) is 6.07 Å². The zero-order chi connectivity index (χ0) is 10.7. The summed E-state index contributed by atoms with van der Waals surface area (Å²) in [6, 6.07) is 3.99. The summed E-state index contributed by atoms with van der Waals surface area (Å²) in [6.07, 6.45) is 3.64. The molecule has 0 bridgehead atoms. The second kappa shape index (κ2) is 4.40. The maximum Gasteiger partial charge on any atom is 0.183 e. The van der Waals surface area contributed by atoms with Gasteiger partial charge in [-0.05, 0) is 25.5 Å². The molecule has 0 aliphatic heterocycles.